The highest BCUT2D eigenvalue weighted by Gasteiger charge is 2.27. The van der Waals surface area contributed by atoms with Gasteiger partial charge in [0.25, 0.3) is 0 Å². The van der Waals surface area contributed by atoms with Crippen LogP contribution in [0.25, 0.3) is 77.2 Å². The molecule has 1 nitrogen and oxygen atoms in total. The van der Waals surface area contributed by atoms with Crippen LogP contribution in [0.5, 0.6) is 0 Å². The third kappa shape index (κ3) is 5.97. The van der Waals surface area contributed by atoms with Crippen molar-refractivity contribution in [2.45, 2.75) is 6.42 Å². The molecule has 1 aliphatic rings. The summed E-state index contributed by atoms with van der Waals surface area (Å²) in [5, 5.41) is 5.07. The van der Waals surface area contributed by atoms with Gasteiger partial charge in [-0.3, -0.25) is 0 Å². The largest absolute Gasteiger partial charge is 0.310 e. The van der Waals surface area contributed by atoms with Crippen LogP contribution in [-0.4, -0.2) is 0 Å². The molecule has 1 heteroatoms. The Bertz CT molecular complexity index is 3110. The first-order valence-corrected chi connectivity index (χ1v) is 20.1. The Morgan fingerprint density at radius 2 is 0.793 bits per heavy atom. The van der Waals surface area contributed by atoms with Gasteiger partial charge in [0.05, 0.1) is 0 Å². The Balaban J connectivity index is 1.06. The Kier molecular flexibility index (Phi) is 8.30. The molecular weight excluding hydrogens is 699 g/mol. The topological polar surface area (TPSA) is 3.24 Å². The number of anilines is 3. The average molecular weight is 738 g/mol. The van der Waals surface area contributed by atoms with Gasteiger partial charge in [0, 0.05) is 17.1 Å². The number of nitrogens with zero attached hydrogens (tertiary/aromatic N) is 1. The first-order chi connectivity index (χ1) is 28.7. The molecule has 0 atom stereocenters. The van der Waals surface area contributed by atoms with Gasteiger partial charge in [-0.2, -0.15) is 0 Å². The second-order valence-corrected chi connectivity index (χ2v) is 15.3. The second kappa shape index (κ2) is 14.2. The van der Waals surface area contributed by atoms with E-state index in [-0.39, 0.29) is 0 Å². The van der Waals surface area contributed by atoms with E-state index in [4.69, 9.17) is 0 Å². The minimum atomic E-state index is 0.895. The molecule has 272 valence electrons. The summed E-state index contributed by atoms with van der Waals surface area (Å²) in [5.74, 6) is 0. The Labute approximate surface area is 339 Å². The van der Waals surface area contributed by atoms with Gasteiger partial charge in [-0.1, -0.05) is 188 Å². The quantitative estimate of drug-likeness (QED) is 0.157. The molecule has 0 radical (unpaired) electrons. The van der Waals surface area contributed by atoms with Gasteiger partial charge in [-0.25, -0.2) is 0 Å². The van der Waals surface area contributed by atoms with Crippen molar-refractivity contribution in [2.75, 3.05) is 4.90 Å². The fourth-order valence-electron chi connectivity index (χ4n) is 9.07. The van der Waals surface area contributed by atoms with E-state index in [0.29, 0.717) is 0 Å². The summed E-state index contributed by atoms with van der Waals surface area (Å²) in [6.07, 6.45) is 0.895. The number of rotatable bonds is 7. The van der Waals surface area contributed by atoms with Crippen LogP contribution in [0.15, 0.2) is 224 Å². The monoisotopic (exact) mass is 737 g/mol. The predicted octanol–water partition coefficient (Wildman–Crippen LogP) is 15.7. The molecule has 0 aliphatic heterocycles. The van der Waals surface area contributed by atoms with E-state index in [1.807, 2.05) is 0 Å². The first kappa shape index (κ1) is 33.8. The predicted molar refractivity (Wildman–Crippen MR) is 246 cm³/mol. The highest BCUT2D eigenvalue weighted by Crippen LogP contribution is 2.50. The maximum atomic E-state index is 2.40. The van der Waals surface area contributed by atoms with Crippen LogP contribution in [0.3, 0.4) is 0 Å². The molecular formula is C57H39N. The SMILES string of the molecule is c1ccc(-c2ccc(-c3ccc(-c4cccc(N(c5ccc(-c6ccccc6)cc5)c5ccc6ccccc6c5)c4)c4c3Cc3c-4ccc4ccccc34)cc2)cc1. The summed E-state index contributed by atoms with van der Waals surface area (Å²) in [6, 6.07) is 82.1. The fraction of sp³-hybridized carbons (Fsp3) is 0.0175. The zero-order valence-corrected chi connectivity index (χ0v) is 32.0. The Morgan fingerprint density at radius 3 is 1.53 bits per heavy atom. The molecule has 0 unspecified atom stereocenters. The van der Waals surface area contributed by atoms with Gasteiger partial charge < -0.3 is 4.90 Å². The first-order valence-electron chi connectivity index (χ1n) is 20.1. The standard InChI is InChI=1S/C57H39N/c1-3-12-39(13-4-1)42-22-24-45(25-23-42)52-34-35-53(57-54-33-29-44-17-9-10-21-51(44)55(54)38-56(52)57)47-19-11-20-49(37-47)58(50-32-28-41-16-7-8-18-46(41)36-50)48-30-26-43(27-31-48)40-14-5-2-6-15-40/h1-37H,38H2. The van der Waals surface area contributed by atoms with E-state index in [1.165, 1.54) is 88.3 Å². The molecule has 0 saturated heterocycles. The van der Waals surface area contributed by atoms with Gasteiger partial charge in [-0.05, 0) is 131 Å². The van der Waals surface area contributed by atoms with E-state index < -0.39 is 0 Å². The van der Waals surface area contributed by atoms with Crippen molar-refractivity contribution in [3.63, 3.8) is 0 Å². The van der Waals surface area contributed by atoms with Crippen LogP contribution in [-0.2, 0) is 6.42 Å². The van der Waals surface area contributed by atoms with Gasteiger partial charge in [0.1, 0.15) is 0 Å². The highest BCUT2D eigenvalue weighted by molar-refractivity contribution is 6.02. The minimum absolute atomic E-state index is 0.895. The highest BCUT2D eigenvalue weighted by atomic mass is 15.1. The summed E-state index contributed by atoms with van der Waals surface area (Å²) < 4.78 is 0. The molecule has 0 N–H and O–H groups in total. The van der Waals surface area contributed by atoms with Gasteiger partial charge in [-0.15, -0.1) is 0 Å². The van der Waals surface area contributed by atoms with Crippen molar-refractivity contribution in [3.8, 4) is 55.6 Å². The molecule has 0 aromatic heterocycles. The average Bonchev–Trinajstić information content (AvgIpc) is 3.70. The molecule has 10 aromatic rings. The molecule has 0 heterocycles. The zero-order valence-electron chi connectivity index (χ0n) is 32.0. The van der Waals surface area contributed by atoms with Crippen LogP contribution in [0.1, 0.15) is 11.1 Å². The van der Waals surface area contributed by atoms with Crippen LogP contribution < -0.4 is 4.90 Å². The molecule has 10 aromatic carbocycles. The van der Waals surface area contributed by atoms with Gasteiger partial charge >= 0.3 is 0 Å². The van der Waals surface area contributed by atoms with Crippen molar-refractivity contribution in [3.05, 3.63) is 236 Å². The van der Waals surface area contributed by atoms with Crippen LogP contribution in [0.2, 0.25) is 0 Å². The van der Waals surface area contributed by atoms with Crippen molar-refractivity contribution in [2.24, 2.45) is 0 Å². The molecule has 0 spiro atoms. The molecule has 0 amide bonds. The van der Waals surface area contributed by atoms with E-state index in [9.17, 15) is 0 Å². The number of benzene rings is 10. The van der Waals surface area contributed by atoms with Crippen molar-refractivity contribution in [1.82, 2.24) is 0 Å². The summed E-state index contributed by atoms with van der Waals surface area (Å²) >= 11 is 0. The molecule has 1 aliphatic carbocycles. The normalized spacial score (nSPS) is 11.7. The Morgan fingerprint density at radius 1 is 0.276 bits per heavy atom. The van der Waals surface area contributed by atoms with E-state index in [1.54, 1.807) is 0 Å². The molecule has 0 saturated carbocycles. The lowest BCUT2D eigenvalue weighted by molar-refractivity contribution is 1.28. The van der Waals surface area contributed by atoms with Crippen LogP contribution in [0, 0.1) is 0 Å². The lowest BCUT2D eigenvalue weighted by Gasteiger charge is -2.27. The van der Waals surface area contributed by atoms with Crippen molar-refractivity contribution >= 4 is 38.6 Å². The summed E-state index contributed by atoms with van der Waals surface area (Å²) in [5.41, 5.74) is 18.7. The Hall–Kier alpha value is -7.48. The number of hydrogen-bond acceptors (Lipinski definition) is 1. The van der Waals surface area contributed by atoms with E-state index in [0.717, 1.165) is 23.5 Å². The molecule has 11 rings (SSSR count). The van der Waals surface area contributed by atoms with Crippen LogP contribution >= 0.6 is 0 Å². The zero-order chi connectivity index (χ0) is 38.4. The number of fused-ring (bicyclic) bond motifs is 6. The fourth-order valence-corrected chi connectivity index (χ4v) is 9.07. The number of hydrogen-bond donors (Lipinski definition) is 0. The third-order valence-corrected chi connectivity index (χ3v) is 11.9. The van der Waals surface area contributed by atoms with Crippen LogP contribution in [0.4, 0.5) is 17.1 Å². The van der Waals surface area contributed by atoms with Gasteiger partial charge in [0.15, 0.2) is 0 Å². The molecule has 0 fully saturated rings. The summed E-state index contributed by atoms with van der Waals surface area (Å²) in [4.78, 5) is 2.40. The lowest BCUT2D eigenvalue weighted by atomic mass is 9.88. The minimum Gasteiger partial charge on any atom is -0.310 e. The van der Waals surface area contributed by atoms with E-state index in [2.05, 4.69) is 229 Å². The lowest BCUT2D eigenvalue weighted by Crippen LogP contribution is -2.10. The van der Waals surface area contributed by atoms with Crippen molar-refractivity contribution < 1.29 is 0 Å². The maximum Gasteiger partial charge on any atom is 0.0468 e. The summed E-state index contributed by atoms with van der Waals surface area (Å²) in [6.45, 7) is 0. The van der Waals surface area contributed by atoms with Gasteiger partial charge in [0.2, 0.25) is 0 Å². The summed E-state index contributed by atoms with van der Waals surface area (Å²) in [7, 11) is 0. The molecule has 58 heavy (non-hydrogen) atoms. The smallest absolute Gasteiger partial charge is 0.0468 e. The maximum absolute atomic E-state index is 2.40. The van der Waals surface area contributed by atoms with E-state index >= 15 is 0 Å². The third-order valence-electron chi connectivity index (χ3n) is 11.9. The van der Waals surface area contributed by atoms with Crippen molar-refractivity contribution in [1.29, 1.82) is 0 Å². The molecule has 0 bridgehead atoms. The second-order valence-electron chi connectivity index (χ2n) is 15.3.